The van der Waals surface area contributed by atoms with Gasteiger partial charge in [-0.25, -0.2) is 8.78 Å². The van der Waals surface area contributed by atoms with Gasteiger partial charge >= 0.3 is 18.3 Å². The van der Waals surface area contributed by atoms with E-state index in [1.54, 1.807) is 0 Å². The summed E-state index contributed by atoms with van der Waals surface area (Å²) >= 11 is 0. The smallest absolute Gasteiger partial charge is 0.340 e. The molecule has 1 N–H and O–H groups in total. The maximum absolute atomic E-state index is 12.5. The predicted octanol–water partition coefficient (Wildman–Crippen LogP) is 2.59. The van der Waals surface area contributed by atoms with Crippen LogP contribution in [0.15, 0.2) is 24.3 Å². The molecule has 0 aliphatic rings. The van der Waals surface area contributed by atoms with Crippen LogP contribution in [-0.2, 0) is 11.2 Å². The van der Waals surface area contributed by atoms with Crippen LogP contribution in [0.2, 0.25) is 0 Å². The highest BCUT2D eigenvalue weighted by Crippen LogP contribution is 2.24. The van der Waals surface area contributed by atoms with Crippen molar-refractivity contribution in [2.75, 3.05) is 6.61 Å². The van der Waals surface area contributed by atoms with E-state index in [0.717, 1.165) is 0 Å². The predicted molar refractivity (Wildman–Crippen MR) is 54.2 cm³/mol. The Kier molecular flexibility index (Phi) is 4.52. The number of alkyl halides is 4. The zero-order valence-electron chi connectivity index (χ0n) is 9.08. The first kappa shape index (κ1) is 14.3. The second kappa shape index (κ2) is 5.70. The lowest BCUT2D eigenvalue weighted by Crippen LogP contribution is -2.33. The molecule has 1 aromatic carbocycles. The third-order valence-electron chi connectivity index (χ3n) is 2.03. The molecule has 0 spiro atoms. The maximum atomic E-state index is 12.5. The van der Waals surface area contributed by atoms with Gasteiger partial charge in [0.25, 0.3) is 0 Å². The Labute approximate surface area is 100.0 Å². The minimum absolute atomic E-state index is 0.0236. The summed E-state index contributed by atoms with van der Waals surface area (Å²) in [6, 6.07) is 5.23. The zero-order valence-corrected chi connectivity index (χ0v) is 9.08. The van der Waals surface area contributed by atoms with Crippen molar-refractivity contribution in [1.29, 1.82) is 0 Å². The Hall–Kier alpha value is -1.79. The number of hydrogen-bond donors (Lipinski definition) is 1. The Morgan fingerprint density at radius 2 is 1.83 bits per heavy atom. The largest absolute Gasteiger partial charge is 0.487 e. The first-order chi connectivity index (χ1) is 8.31. The van der Waals surface area contributed by atoms with E-state index >= 15 is 0 Å². The molecule has 0 atom stereocenters. The molecule has 100 valence electrons. The number of halogens is 4. The highest BCUT2D eigenvalue weighted by molar-refractivity contribution is 5.70. The van der Waals surface area contributed by atoms with Crippen LogP contribution in [0, 0.1) is 0 Å². The van der Waals surface area contributed by atoms with Crippen LogP contribution < -0.4 is 4.74 Å². The molecule has 1 aromatic rings. The van der Waals surface area contributed by atoms with Gasteiger partial charge in [-0.2, -0.15) is 8.78 Å². The van der Waals surface area contributed by atoms with Crippen molar-refractivity contribution in [3.05, 3.63) is 29.8 Å². The summed E-state index contributed by atoms with van der Waals surface area (Å²) in [4.78, 5) is 10.4. The third kappa shape index (κ3) is 4.23. The fourth-order valence-corrected chi connectivity index (χ4v) is 1.12. The molecule has 0 radical (unpaired) electrons. The van der Waals surface area contributed by atoms with Crippen molar-refractivity contribution in [2.45, 2.75) is 18.8 Å². The summed E-state index contributed by atoms with van der Waals surface area (Å²) < 4.78 is 53.2. The van der Waals surface area contributed by atoms with Gasteiger partial charge in [-0.1, -0.05) is 12.1 Å². The van der Waals surface area contributed by atoms with Crippen molar-refractivity contribution in [3.63, 3.8) is 0 Å². The van der Waals surface area contributed by atoms with Crippen LogP contribution >= 0.6 is 0 Å². The minimum Gasteiger partial charge on any atom is -0.487 e. The molecule has 0 fully saturated rings. The Morgan fingerprint density at radius 3 is 2.28 bits per heavy atom. The standard InChI is InChI=1S/C11H10F4O3/c12-10(13)11(14,15)6-18-8-3-1-7(2-4-8)5-9(16)17/h1-4,10H,5-6H2,(H,16,17). The molecule has 3 nitrogen and oxygen atoms in total. The van der Waals surface area contributed by atoms with Gasteiger partial charge in [-0.05, 0) is 17.7 Å². The second-order valence-corrected chi connectivity index (χ2v) is 3.56. The van der Waals surface area contributed by atoms with E-state index in [0.29, 0.717) is 5.56 Å². The van der Waals surface area contributed by atoms with Crippen LogP contribution in [-0.4, -0.2) is 30.0 Å². The first-order valence-corrected chi connectivity index (χ1v) is 4.91. The Balaban J connectivity index is 2.56. The molecule has 0 saturated carbocycles. The normalized spacial score (nSPS) is 11.6. The van der Waals surface area contributed by atoms with E-state index in [1.165, 1.54) is 24.3 Å². The third-order valence-corrected chi connectivity index (χ3v) is 2.03. The summed E-state index contributed by atoms with van der Waals surface area (Å²) in [6.45, 7) is -1.43. The van der Waals surface area contributed by atoms with Gasteiger partial charge in [0.2, 0.25) is 0 Å². The molecule has 0 amide bonds. The number of aliphatic carboxylic acids is 1. The van der Waals surface area contributed by atoms with Gasteiger partial charge in [0.15, 0.2) is 6.61 Å². The second-order valence-electron chi connectivity index (χ2n) is 3.56. The highest BCUT2D eigenvalue weighted by Gasteiger charge is 2.41. The minimum atomic E-state index is -4.21. The molecule has 1 rings (SSSR count). The van der Waals surface area contributed by atoms with E-state index in [2.05, 4.69) is 4.74 Å². The number of carboxylic acids is 1. The van der Waals surface area contributed by atoms with Gasteiger partial charge in [-0.3, -0.25) is 4.79 Å². The Bertz CT molecular complexity index is 403. The summed E-state index contributed by atoms with van der Waals surface area (Å²) in [5.74, 6) is -5.27. The number of carbonyl (C=O) groups is 1. The molecule has 7 heteroatoms. The monoisotopic (exact) mass is 266 g/mol. The molecule has 0 unspecified atom stereocenters. The SMILES string of the molecule is O=C(O)Cc1ccc(OCC(F)(F)C(F)F)cc1. The first-order valence-electron chi connectivity index (χ1n) is 4.91. The van der Waals surface area contributed by atoms with Crippen molar-refractivity contribution in [2.24, 2.45) is 0 Å². The van der Waals surface area contributed by atoms with Gasteiger partial charge in [0.1, 0.15) is 5.75 Å². The van der Waals surface area contributed by atoms with Crippen LogP contribution in [0.4, 0.5) is 17.6 Å². The van der Waals surface area contributed by atoms with Gasteiger partial charge in [0.05, 0.1) is 6.42 Å². The summed E-state index contributed by atoms with van der Waals surface area (Å²) in [7, 11) is 0. The molecular formula is C11H10F4O3. The van der Waals surface area contributed by atoms with Crippen molar-refractivity contribution in [1.82, 2.24) is 0 Å². The molecule has 0 aromatic heterocycles. The van der Waals surface area contributed by atoms with Crippen molar-refractivity contribution < 1.29 is 32.2 Å². The van der Waals surface area contributed by atoms with E-state index in [-0.39, 0.29) is 12.2 Å². The number of rotatable bonds is 6. The highest BCUT2D eigenvalue weighted by atomic mass is 19.3. The molecule has 0 aliphatic carbocycles. The van der Waals surface area contributed by atoms with Crippen LogP contribution in [0.3, 0.4) is 0 Å². The lowest BCUT2D eigenvalue weighted by molar-refractivity contribution is -0.148. The fourth-order valence-electron chi connectivity index (χ4n) is 1.12. The summed E-state index contributed by atoms with van der Waals surface area (Å²) in [5.41, 5.74) is 0.454. The quantitative estimate of drug-likeness (QED) is 0.805. The topological polar surface area (TPSA) is 46.5 Å². The zero-order chi connectivity index (χ0) is 13.8. The fraction of sp³-hybridized carbons (Fsp3) is 0.364. The molecule has 0 bridgehead atoms. The van der Waals surface area contributed by atoms with E-state index in [1.807, 2.05) is 0 Å². The molecular weight excluding hydrogens is 256 g/mol. The average Bonchev–Trinajstić information content (AvgIpc) is 2.27. The number of hydrogen-bond acceptors (Lipinski definition) is 2. The van der Waals surface area contributed by atoms with Gasteiger partial charge in [-0.15, -0.1) is 0 Å². The van der Waals surface area contributed by atoms with Gasteiger partial charge in [0, 0.05) is 0 Å². The summed E-state index contributed by atoms with van der Waals surface area (Å²) in [6.07, 6.45) is -4.00. The van der Waals surface area contributed by atoms with E-state index < -0.39 is 24.9 Å². The Morgan fingerprint density at radius 1 is 1.28 bits per heavy atom. The number of benzene rings is 1. The van der Waals surface area contributed by atoms with E-state index in [4.69, 9.17) is 5.11 Å². The summed E-state index contributed by atoms with van der Waals surface area (Å²) in [5, 5.41) is 8.49. The van der Waals surface area contributed by atoms with Crippen molar-refractivity contribution in [3.8, 4) is 5.75 Å². The molecule has 18 heavy (non-hydrogen) atoms. The van der Waals surface area contributed by atoms with Gasteiger partial charge < -0.3 is 9.84 Å². The molecule has 0 heterocycles. The molecule has 0 saturated heterocycles. The van der Waals surface area contributed by atoms with Crippen molar-refractivity contribution >= 4 is 5.97 Å². The molecule has 0 aliphatic heterocycles. The number of carboxylic acid groups (broad SMARTS) is 1. The van der Waals surface area contributed by atoms with E-state index in [9.17, 15) is 22.4 Å². The lowest BCUT2D eigenvalue weighted by atomic mass is 10.1. The average molecular weight is 266 g/mol. The lowest BCUT2D eigenvalue weighted by Gasteiger charge is -2.15. The maximum Gasteiger partial charge on any atom is 0.340 e. The number of ether oxygens (including phenoxy) is 1. The van der Waals surface area contributed by atoms with Crippen LogP contribution in [0.1, 0.15) is 5.56 Å². The van der Waals surface area contributed by atoms with Crippen LogP contribution in [0.25, 0.3) is 0 Å². The van der Waals surface area contributed by atoms with Crippen LogP contribution in [0.5, 0.6) is 5.75 Å².